The molecule has 0 aliphatic carbocycles. The Balaban J connectivity index is 1.60. The maximum atomic E-state index is 11.8. The summed E-state index contributed by atoms with van der Waals surface area (Å²) < 4.78 is 11.1. The first-order valence-electron chi connectivity index (χ1n) is 9.97. The van der Waals surface area contributed by atoms with Gasteiger partial charge in [0.05, 0.1) is 24.1 Å². The summed E-state index contributed by atoms with van der Waals surface area (Å²) in [7, 11) is 0. The molecule has 3 aromatic carbocycles. The zero-order valence-electron chi connectivity index (χ0n) is 16.7. The summed E-state index contributed by atoms with van der Waals surface area (Å²) in [5, 5.41) is 0. The number of rotatable bonds is 7. The zero-order chi connectivity index (χ0) is 20.8. The van der Waals surface area contributed by atoms with Crippen molar-refractivity contribution in [3.8, 4) is 22.8 Å². The molecule has 0 N–H and O–H groups in total. The van der Waals surface area contributed by atoms with Crippen molar-refractivity contribution in [3.05, 3.63) is 84.6 Å². The van der Waals surface area contributed by atoms with E-state index in [9.17, 15) is 4.79 Å². The van der Waals surface area contributed by atoms with Crippen molar-refractivity contribution in [1.29, 1.82) is 0 Å². The van der Waals surface area contributed by atoms with E-state index in [0.29, 0.717) is 30.4 Å². The highest BCUT2D eigenvalue weighted by Gasteiger charge is 2.14. The molecule has 0 spiro atoms. The van der Waals surface area contributed by atoms with E-state index in [0.717, 1.165) is 22.2 Å². The second-order valence-corrected chi connectivity index (χ2v) is 6.76. The predicted octanol–water partition coefficient (Wildman–Crippen LogP) is 5.58. The van der Waals surface area contributed by atoms with Crippen LogP contribution in [0.25, 0.3) is 22.2 Å². The highest BCUT2D eigenvalue weighted by molar-refractivity contribution is 5.75. The molecule has 0 amide bonds. The molecule has 0 saturated heterocycles. The van der Waals surface area contributed by atoms with Crippen LogP contribution in [-0.4, -0.2) is 22.5 Å². The second-order valence-electron chi connectivity index (χ2n) is 6.76. The third kappa shape index (κ3) is 4.63. The van der Waals surface area contributed by atoms with Gasteiger partial charge in [-0.05, 0) is 42.3 Å². The molecule has 150 valence electrons. The fourth-order valence-corrected chi connectivity index (χ4v) is 3.18. The molecule has 4 aromatic rings. The highest BCUT2D eigenvalue weighted by atomic mass is 16.5. The van der Waals surface area contributed by atoms with E-state index in [2.05, 4.69) is 22.1 Å². The summed E-state index contributed by atoms with van der Waals surface area (Å²) in [5.74, 6) is 0.813. The number of para-hydroxylation sites is 2. The van der Waals surface area contributed by atoms with Gasteiger partial charge in [-0.1, -0.05) is 54.6 Å². The number of carbonyl (C=O) groups excluding carboxylic acids is 1. The number of aryl methyl sites for hydroxylation is 1. The molecule has 0 atom stereocenters. The zero-order valence-corrected chi connectivity index (χ0v) is 16.7. The fraction of sp³-hybridized carbons (Fsp3) is 0.160. The number of carbonyl (C=O) groups is 1. The normalized spacial score (nSPS) is 10.7. The lowest BCUT2D eigenvalue weighted by Gasteiger charge is -2.11. The number of aromatic nitrogens is 2. The molecule has 30 heavy (non-hydrogen) atoms. The molecule has 1 heterocycles. The van der Waals surface area contributed by atoms with Crippen LogP contribution in [0.4, 0.5) is 0 Å². The third-order valence-electron chi connectivity index (χ3n) is 4.65. The van der Waals surface area contributed by atoms with E-state index in [1.54, 1.807) is 6.92 Å². The van der Waals surface area contributed by atoms with E-state index in [1.165, 1.54) is 0 Å². The molecule has 0 fully saturated rings. The Morgan fingerprint density at radius 1 is 0.800 bits per heavy atom. The average Bonchev–Trinajstić information content (AvgIpc) is 2.79. The van der Waals surface area contributed by atoms with Gasteiger partial charge >= 0.3 is 5.97 Å². The van der Waals surface area contributed by atoms with Gasteiger partial charge in [0, 0.05) is 6.42 Å². The Labute approximate surface area is 175 Å². The molecule has 1 aromatic heterocycles. The van der Waals surface area contributed by atoms with Crippen molar-refractivity contribution in [1.82, 2.24) is 9.97 Å². The second kappa shape index (κ2) is 9.18. The monoisotopic (exact) mass is 398 g/mol. The van der Waals surface area contributed by atoms with Gasteiger partial charge in [0.2, 0.25) is 5.88 Å². The molecule has 0 unspecified atom stereocenters. The van der Waals surface area contributed by atoms with E-state index < -0.39 is 0 Å². The van der Waals surface area contributed by atoms with Crippen LogP contribution in [0.15, 0.2) is 78.9 Å². The first-order valence-corrected chi connectivity index (χ1v) is 9.97. The van der Waals surface area contributed by atoms with Gasteiger partial charge < -0.3 is 9.47 Å². The van der Waals surface area contributed by atoms with Crippen LogP contribution in [0.5, 0.6) is 11.6 Å². The van der Waals surface area contributed by atoms with Gasteiger partial charge in [-0.15, -0.1) is 0 Å². The molecule has 4 rings (SSSR count). The molecular weight excluding hydrogens is 376 g/mol. The SMILES string of the molecule is CCOC(=O)CCc1nc2ccccc2nc1Oc1ccc(-c2ccccc2)cc1. The van der Waals surface area contributed by atoms with Gasteiger partial charge in [0.1, 0.15) is 11.4 Å². The summed E-state index contributed by atoms with van der Waals surface area (Å²) in [5.41, 5.74) is 4.39. The standard InChI is InChI=1S/C25H22N2O3/c1-2-29-24(28)17-16-23-25(27-22-11-7-6-10-21(22)26-23)30-20-14-12-19(13-15-20)18-8-4-3-5-9-18/h3-15H,2,16-17H2,1H3. The minimum atomic E-state index is -0.259. The lowest BCUT2D eigenvalue weighted by atomic mass is 10.1. The molecule has 0 aliphatic rings. The van der Waals surface area contributed by atoms with Crippen molar-refractivity contribution in [2.24, 2.45) is 0 Å². The minimum Gasteiger partial charge on any atom is -0.466 e. The fourth-order valence-electron chi connectivity index (χ4n) is 3.18. The number of hydrogen-bond acceptors (Lipinski definition) is 5. The quantitative estimate of drug-likeness (QED) is 0.380. The predicted molar refractivity (Wildman–Crippen MR) is 116 cm³/mol. The summed E-state index contributed by atoms with van der Waals surface area (Å²) in [4.78, 5) is 21.1. The topological polar surface area (TPSA) is 61.3 Å². The Hall–Kier alpha value is -3.73. The molecule has 0 radical (unpaired) electrons. The summed E-state index contributed by atoms with van der Waals surface area (Å²) >= 11 is 0. The Morgan fingerprint density at radius 2 is 1.43 bits per heavy atom. The smallest absolute Gasteiger partial charge is 0.306 e. The van der Waals surface area contributed by atoms with Crippen LogP contribution in [0.2, 0.25) is 0 Å². The van der Waals surface area contributed by atoms with E-state index in [-0.39, 0.29) is 12.4 Å². The first kappa shape index (κ1) is 19.6. The van der Waals surface area contributed by atoms with Gasteiger partial charge in [0.25, 0.3) is 0 Å². The van der Waals surface area contributed by atoms with Crippen LogP contribution in [0, 0.1) is 0 Å². The minimum absolute atomic E-state index is 0.226. The maximum absolute atomic E-state index is 11.8. The van der Waals surface area contributed by atoms with Gasteiger partial charge in [-0.3, -0.25) is 4.79 Å². The maximum Gasteiger partial charge on any atom is 0.306 e. The van der Waals surface area contributed by atoms with Crippen LogP contribution in [-0.2, 0) is 16.0 Å². The molecule has 5 nitrogen and oxygen atoms in total. The molecule has 0 aliphatic heterocycles. The largest absolute Gasteiger partial charge is 0.466 e. The summed E-state index contributed by atoms with van der Waals surface area (Å²) in [6.07, 6.45) is 0.623. The summed E-state index contributed by atoms with van der Waals surface area (Å²) in [6, 6.07) is 25.6. The van der Waals surface area contributed by atoms with Crippen LogP contribution in [0.3, 0.4) is 0 Å². The molecule has 0 bridgehead atoms. The third-order valence-corrected chi connectivity index (χ3v) is 4.65. The van der Waals surface area contributed by atoms with E-state index in [1.807, 2.05) is 66.7 Å². The number of hydrogen-bond donors (Lipinski definition) is 0. The molecular formula is C25H22N2O3. The van der Waals surface area contributed by atoms with E-state index >= 15 is 0 Å². The van der Waals surface area contributed by atoms with Crippen molar-refractivity contribution in [3.63, 3.8) is 0 Å². The van der Waals surface area contributed by atoms with Crippen LogP contribution in [0.1, 0.15) is 19.0 Å². The lowest BCUT2D eigenvalue weighted by molar-refractivity contribution is -0.143. The van der Waals surface area contributed by atoms with Gasteiger partial charge in [0.15, 0.2) is 0 Å². The van der Waals surface area contributed by atoms with Gasteiger partial charge in [-0.2, -0.15) is 0 Å². The number of benzene rings is 3. The van der Waals surface area contributed by atoms with Crippen LogP contribution >= 0.6 is 0 Å². The van der Waals surface area contributed by atoms with E-state index in [4.69, 9.17) is 9.47 Å². The Morgan fingerprint density at radius 3 is 2.13 bits per heavy atom. The highest BCUT2D eigenvalue weighted by Crippen LogP contribution is 2.28. The molecule has 0 saturated carbocycles. The Kier molecular flexibility index (Phi) is 5.99. The lowest BCUT2D eigenvalue weighted by Crippen LogP contribution is -2.07. The van der Waals surface area contributed by atoms with Crippen molar-refractivity contribution in [2.75, 3.05) is 6.61 Å². The van der Waals surface area contributed by atoms with Gasteiger partial charge in [-0.25, -0.2) is 9.97 Å². The molecule has 5 heteroatoms. The Bertz CT molecular complexity index is 1140. The number of fused-ring (bicyclic) bond motifs is 1. The van der Waals surface area contributed by atoms with Crippen molar-refractivity contribution in [2.45, 2.75) is 19.8 Å². The van der Waals surface area contributed by atoms with Crippen molar-refractivity contribution >= 4 is 17.0 Å². The summed E-state index contributed by atoms with van der Waals surface area (Å²) in [6.45, 7) is 2.15. The van der Waals surface area contributed by atoms with Crippen molar-refractivity contribution < 1.29 is 14.3 Å². The number of ether oxygens (including phenoxy) is 2. The number of esters is 1. The van der Waals surface area contributed by atoms with Crippen LogP contribution < -0.4 is 4.74 Å². The number of nitrogens with zero attached hydrogens (tertiary/aromatic N) is 2. The average molecular weight is 398 g/mol. The first-order chi connectivity index (χ1) is 14.7.